The number of para-hydroxylation sites is 2. The van der Waals surface area contributed by atoms with Gasteiger partial charge in [0, 0.05) is 33.5 Å². The minimum Gasteiger partial charge on any atom is -0.325 e. The highest BCUT2D eigenvalue weighted by molar-refractivity contribution is 8.14. The molecular formula is C33H48N2O4S2. The highest BCUT2D eigenvalue weighted by atomic mass is 32.2. The average Bonchev–Trinajstić information content (AvgIpc) is 2.91. The molecule has 0 heterocycles. The molecule has 0 aromatic heterocycles. The molecule has 0 radical (unpaired) electrons. The minimum atomic E-state index is -0.453. The molecule has 0 aliphatic heterocycles. The van der Waals surface area contributed by atoms with Crippen molar-refractivity contribution in [2.24, 2.45) is 16.7 Å². The van der Waals surface area contributed by atoms with Crippen molar-refractivity contribution in [3.63, 3.8) is 0 Å². The molecule has 0 bridgehead atoms. The van der Waals surface area contributed by atoms with Crippen LogP contribution in [0.15, 0.2) is 58.3 Å². The van der Waals surface area contributed by atoms with Gasteiger partial charge < -0.3 is 10.6 Å². The first-order valence-electron chi connectivity index (χ1n) is 14.4. The highest BCUT2D eigenvalue weighted by Gasteiger charge is 2.25. The van der Waals surface area contributed by atoms with E-state index in [4.69, 9.17) is 0 Å². The second-order valence-electron chi connectivity index (χ2n) is 11.8. The molecule has 8 heteroatoms. The first-order chi connectivity index (χ1) is 19.2. The lowest BCUT2D eigenvalue weighted by Gasteiger charge is -2.21. The van der Waals surface area contributed by atoms with Crippen molar-refractivity contribution in [3.05, 3.63) is 48.5 Å². The Morgan fingerprint density at radius 1 is 0.659 bits per heavy atom. The van der Waals surface area contributed by atoms with Crippen molar-refractivity contribution in [3.8, 4) is 0 Å². The molecule has 2 N–H and O–H groups in total. The summed E-state index contributed by atoms with van der Waals surface area (Å²) < 4.78 is 0. The number of hydrogen-bond donors (Lipinski definition) is 2. The standard InChI is InChI=1S/C18H25NO2S.C13H17NO2S.C2H6/c1-18(2,3)17(21)19-14-11-7-8-12-15(14)22-16(20)13-9-5-4-6-10-13;1-9(15)17-11-8-6-5-7-10(11)14-12(16)13(2,3)4;1-2/h7-8,11-13H,4-6,9-10H2,1-3H3,(H,19,21);5-8H,1-4H3,(H,14,16);1-2H3. The molecule has 41 heavy (non-hydrogen) atoms. The van der Waals surface area contributed by atoms with E-state index in [0.717, 1.165) is 52.9 Å². The summed E-state index contributed by atoms with van der Waals surface area (Å²) in [7, 11) is 0. The van der Waals surface area contributed by atoms with E-state index in [0.29, 0.717) is 5.69 Å². The number of carbonyl (C=O) groups is 4. The molecule has 1 saturated carbocycles. The second-order valence-corrected chi connectivity index (χ2v) is 14.0. The van der Waals surface area contributed by atoms with E-state index in [2.05, 4.69) is 10.6 Å². The van der Waals surface area contributed by atoms with Crippen molar-refractivity contribution in [1.82, 2.24) is 0 Å². The number of thioether (sulfide) groups is 2. The zero-order valence-electron chi connectivity index (χ0n) is 26.2. The first kappa shape index (κ1) is 36.4. The van der Waals surface area contributed by atoms with Crippen molar-refractivity contribution < 1.29 is 19.2 Å². The van der Waals surface area contributed by atoms with Crippen LogP contribution >= 0.6 is 23.5 Å². The van der Waals surface area contributed by atoms with Gasteiger partial charge in [0.25, 0.3) is 0 Å². The fourth-order valence-electron chi connectivity index (χ4n) is 3.62. The van der Waals surface area contributed by atoms with E-state index in [1.807, 2.05) is 97.9 Å². The first-order valence-corrected chi connectivity index (χ1v) is 16.0. The monoisotopic (exact) mass is 600 g/mol. The third kappa shape index (κ3) is 13.3. The molecule has 2 aromatic rings. The molecule has 1 fully saturated rings. The number of hydrogen-bond acceptors (Lipinski definition) is 6. The van der Waals surface area contributed by atoms with Crippen LogP contribution in [0.5, 0.6) is 0 Å². The lowest BCUT2D eigenvalue weighted by molar-refractivity contribution is -0.123. The molecule has 1 aliphatic rings. The summed E-state index contributed by atoms with van der Waals surface area (Å²) >= 11 is 2.40. The molecule has 0 unspecified atom stereocenters. The fraction of sp³-hybridized carbons (Fsp3) is 0.515. The SMILES string of the molecule is CC.CC(=O)Sc1ccccc1NC(=O)C(C)(C)C.CC(C)(C)C(=O)Nc1ccccc1SC(=O)C1CCCCC1. The van der Waals surface area contributed by atoms with Crippen molar-refractivity contribution >= 4 is 56.9 Å². The Balaban J connectivity index is 0.000000399. The fourth-order valence-corrected chi connectivity index (χ4v) is 5.30. The van der Waals surface area contributed by atoms with Crippen LogP contribution < -0.4 is 10.6 Å². The molecule has 6 nitrogen and oxygen atoms in total. The van der Waals surface area contributed by atoms with E-state index < -0.39 is 10.8 Å². The Kier molecular flexibility index (Phi) is 15.5. The summed E-state index contributed by atoms with van der Waals surface area (Å²) in [5, 5.41) is 6.03. The summed E-state index contributed by atoms with van der Waals surface area (Å²) in [4.78, 5) is 49.2. The van der Waals surface area contributed by atoms with Crippen molar-refractivity contribution in [2.45, 2.75) is 104 Å². The van der Waals surface area contributed by atoms with Gasteiger partial charge in [-0.15, -0.1) is 0 Å². The average molecular weight is 601 g/mol. The van der Waals surface area contributed by atoms with E-state index in [-0.39, 0.29) is 28.0 Å². The second kappa shape index (κ2) is 17.4. The Labute approximate surface area is 255 Å². The van der Waals surface area contributed by atoms with Gasteiger partial charge in [0.1, 0.15) is 0 Å². The number of benzene rings is 2. The summed E-state index contributed by atoms with van der Waals surface area (Å²) in [6.07, 6.45) is 5.55. The van der Waals surface area contributed by atoms with Crippen LogP contribution in [0.25, 0.3) is 0 Å². The van der Waals surface area contributed by atoms with Gasteiger partial charge in [-0.2, -0.15) is 0 Å². The van der Waals surface area contributed by atoms with Gasteiger partial charge in [-0.25, -0.2) is 0 Å². The predicted octanol–water partition coefficient (Wildman–Crippen LogP) is 9.21. The van der Waals surface area contributed by atoms with E-state index in [9.17, 15) is 19.2 Å². The van der Waals surface area contributed by atoms with E-state index in [1.54, 1.807) is 6.07 Å². The molecule has 0 spiro atoms. The van der Waals surface area contributed by atoms with Crippen LogP contribution in [0, 0.1) is 16.7 Å². The zero-order valence-corrected chi connectivity index (χ0v) is 27.8. The maximum absolute atomic E-state index is 12.5. The van der Waals surface area contributed by atoms with E-state index in [1.165, 1.54) is 25.1 Å². The number of carbonyl (C=O) groups excluding carboxylic acids is 4. The van der Waals surface area contributed by atoms with Gasteiger partial charge in [-0.05, 0) is 48.9 Å². The van der Waals surface area contributed by atoms with E-state index >= 15 is 0 Å². The smallest absolute Gasteiger partial charge is 0.229 e. The van der Waals surface area contributed by atoms with Gasteiger partial charge in [-0.1, -0.05) is 111 Å². The molecule has 0 saturated heterocycles. The summed E-state index contributed by atoms with van der Waals surface area (Å²) in [5.41, 5.74) is 0.517. The number of rotatable bonds is 5. The van der Waals surface area contributed by atoms with Crippen LogP contribution in [0.3, 0.4) is 0 Å². The Bertz CT molecular complexity index is 1160. The topological polar surface area (TPSA) is 92.3 Å². The summed E-state index contributed by atoms with van der Waals surface area (Å²) in [6, 6.07) is 14.9. The molecular weight excluding hydrogens is 553 g/mol. The van der Waals surface area contributed by atoms with Crippen LogP contribution in [0.1, 0.15) is 94.4 Å². The van der Waals surface area contributed by atoms with Gasteiger partial charge in [0.2, 0.25) is 11.8 Å². The Morgan fingerprint density at radius 2 is 1.05 bits per heavy atom. The number of anilines is 2. The van der Waals surface area contributed by atoms with Gasteiger partial charge in [0.15, 0.2) is 10.2 Å². The van der Waals surface area contributed by atoms with Crippen LogP contribution in [0.4, 0.5) is 11.4 Å². The number of nitrogens with one attached hydrogen (secondary N) is 2. The van der Waals surface area contributed by atoms with Crippen LogP contribution in [-0.2, 0) is 19.2 Å². The minimum absolute atomic E-state index is 0.00228. The molecule has 2 amide bonds. The largest absolute Gasteiger partial charge is 0.325 e. The Hall–Kier alpha value is -2.58. The van der Waals surface area contributed by atoms with Gasteiger partial charge in [-0.3, -0.25) is 19.2 Å². The predicted molar refractivity (Wildman–Crippen MR) is 174 cm³/mol. The van der Waals surface area contributed by atoms with Crippen molar-refractivity contribution in [2.75, 3.05) is 10.6 Å². The summed E-state index contributed by atoms with van der Waals surface area (Å²) in [6.45, 7) is 16.7. The van der Waals surface area contributed by atoms with Crippen LogP contribution in [-0.4, -0.2) is 22.0 Å². The lowest BCUT2D eigenvalue weighted by atomic mass is 9.90. The third-order valence-electron chi connectivity index (χ3n) is 6.04. The molecule has 2 aromatic carbocycles. The lowest BCUT2D eigenvalue weighted by Crippen LogP contribution is -2.27. The molecule has 3 rings (SSSR count). The maximum atomic E-state index is 12.5. The van der Waals surface area contributed by atoms with Gasteiger partial charge >= 0.3 is 0 Å². The van der Waals surface area contributed by atoms with Crippen molar-refractivity contribution in [1.29, 1.82) is 0 Å². The van der Waals surface area contributed by atoms with Crippen LogP contribution in [0.2, 0.25) is 0 Å². The third-order valence-corrected chi connectivity index (χ3v) is 8.01. The summed E-state index contributed by atoms with van der Waals surface area (Å²) in [5.74, 6) is 0.0740. The normalized spacial score (nSPS) is 13.5. The molecule has 1 aliphatic carbocycles. The maximum Gasteiger partial charge on any atom is 0.229 e. The molecule has 226 valence electrons. The van der Waals surface area contributed by atoms with Gasteiger partial charge in [0.05, 0.1) is 11.4 Å². The number of amides is 2. The Morgan fingerprint density at radius 3 is 1.44 bits per heavy atom. The molecule has 0 atom stereocenters. The zero-order chi connectivity index (χ0) is 31.2. The highest BCUT2D eigenvalue weighted by Crippen LogP contribution is 2.35. The quantitative estimate of drug-likeness (QED) is 0.332.